The van der Waals surface area contributed by atoms with Crippen LogP contribution in [0.25, 0.3) is 0 Å². The lowest BCUT2D eigenvalue weighted by Crippen LogP contribution is -2.16. The van der Waals surface area contributed by atoms with Crippen LogP contribution in [-0.4, -0.2) is 13.2 Å². The lowest BCUT2D eigenvalue weighted by atomic mass is 9.87. The van der Waals surface area contributed by atoms with Crippen molar-refractivity contribution in [3.05, 3.63) is 64.2 Å². The Morgan fingerprint density at radius 1 is 1.00 bits per heavy atom. The fourth-order valence-corrected chi connectivity index (χ4v) is 3.12. The average Bonchev–Trinajstić information content (AvgIpc) is 2.48. The van der Waals surface area contributed by atoms with Crippen LogP contribution in [0.2, 0.25) is 0 Å². The summed E-state index contributed by atoms with van der Waals surface area (Å²) in [6.07, 6.45) is 0.989. The highest BCUT2D eigenvalue weighted by molar-refractivity contribution is 5.39. The van der Waals surface area contributed by atoms with Gasteiger partial charge in [-0.1, -0.05) is 29.8 Å². The van der Waals surface area contributed by atoms with Crippen molar-refractivity contribution in [3.63, 3.8) is 0 Å². The van der Waals surface area contributed by atoms with Gasteiger partial charge in [-0.2, -0.15) is 0 Å². The van der Waals surface area contributed by atoms with Gasteiger partial charge in [0.1, 0.15) is 5.75 Å². The average molecular weight is 297 g/mol. The van der Waals surface area contributed by atoms with Gasteiger partial charge in [0, 0.05) is 5.92 Å². The second-order valence-electron chi connectivity index (χ2n) is 6.02. The Morgan fingerprint density at radius 3 is 2.09 bits per heavy atom. The number of ether oxygens (including phenoxy) is 1. The van der Waals surface area contributed by atoms with Crippen molar-refractivity contribution in [2.75, 3.05) is 13.2 Å². The molecule has 0 spiro atoms. The molecule has 1 atom stereocenters. The van der Waals surface area contributed by atoms with Crippen LogP contribution in [0.4, 0.5) is 0 Å². The monoisotopic (exact) mass is 297 g/mol. The van der Waals surface area contributed by atoms with Gasteiger partial charge < -0.3 is 10.5 Å². The third kappa shape index (κ3) is 3.89. The third-order valence-corrected chi connectivity index (χ3v) is 4.24. The molecule has 0 saturated carbocycles. The Labute approximate surface area is 134 Å². The molecule has 0 aliphatic heterocycles. The molecule has 0 saturated heterocycles. The predicted octanol–water partition coefficient (Wildman–Crippen LogP) is 4.30. The zero-order valence-electron chi connectivity index (χ0n) is 14.1. The van der Waals surface area contributed by atoms with Crippen LogP contribution in [0.3, 0.4) is 0 Å². The van der Waals surface area contributed by atoms with Crippen LogP contribution >= 0.6 is 0 Å². The molecular weight excluding hydrogens is 270 g/mol. The summed E-state index contributed by atoms with van der Waals surface area (Å²) in [6, 6.07) is 12.9. The number of aryl methyl sites for hydroxylation is 3. The summed E-state index contributed by atoms with van der Waals surface area (Å²) in [5, 5.41) is 0. The normalized spacial score (nSPS) is 12.2. The molecule has 22 heavy (non-hydrogen) atoms. The standard InChI is InChI=1S/C20H27NO/c1-5-22-19-8-6-17(7-9-19)18(13-21)12-20-15(3)10-14(2)11-16(20)4/h6-11,18H,5,12-13,21H2,1-4H3. The van der Waals surface area contributed by atoms with Crippen molar-refractivity contribution < 1.29 is 4.74 Å². The molecule has 1 unspecified atom stereocenters. The van der Waals surface area contributed by atoms with E-state index < -0.39 is 0 Å². The molecule has 0 heterocycles. The second kappa shape index (κ2) is 7.46. The highest BCUT2D eigenvalue weighted by atomic mass is 16.5. The zero-order valence-corrected chi connectivity index (χ0v) is 14.1. The van der Waals surface area contributed by atoms with E-state index in [0.717, 1.165) is 12.2 Å². The summed E-state index contributed by atoms with van der Waals surface area (Å²) in [5.41, 5.74) is 12.8. The van der Waals surface area contributed by atoms with E-state index in [1.54, 1.807) is 0 Å². The smallest absolute Gasteiger partial charge is 0.119 e. The van der Waals surface area contributed by atoms with Crippen LogP contribution in [0.1, 0.15) is 40.7 Å². The van der Waals surface area contributed by atoms with E-state index in [4.69, 9.17) is 10.5 Å². The summed E-state index contributed by atoms with van der Waals surface area (Å²) in [5.74, 6) is 1.26. The number of hydrogen-bond acceptors (Lipinski definition) is 2. The minimum atomic E-state index is 0.343. The molecule has 2 rings (SSSR count). The first-order valence-corrected chi connectivity index (χ1v) is 8.04. The van der Waals surface area contributed by atoms with Crippen LogP contribution in [0.15, 0.2) is 36.4 Å². The molecule has 2 aromatic carbocycles. The van der Waals surface area contributed by atoms with Crippen molar-refractivity contribution in [2.24, 2.45) is 5.73 Å². The fourth-order valence-electron chi connectivity index (χ4n) is 3.12. The molecule has 0 amide bonds. The summed E-state index contributed by atoms with van der Waals surface area (Å²) < 4.78 is 5.51. The summed E-state index contributed by atoms with van der Waals surface area (Å²) in [4.78, 5) is 0. The zero-order chi connectivity index (χ0) is 16.1. The molecule has 0 bridgehead atoms. The van der Waals surface area contributed by atoms with Gasteiger partial charge in [-0.25, -0.2) is 0 Å². The van der Waals surface area contributed by atoms with E-state index in [2.05, 4.69) is 45.0 Å². The first kappa shape index (κ1) is 16.6. The molecule has 0 aliphatic carbocycles. The van der Waals surface area contributed by atoms with Gasteiger partial charge in [0.25, 0.3) is 0 Å². The Bertz CT molecular complexity index is 593. The number of hydrogen-bond donors (Lipinski definition) is 1. The van der Waals surface area contributed by atoms with Gasteiger partial charge in [-0.15, -0.1) is 0 Å². The van der Waals surface area contributed by atoms with Crippen molar-refractivity contribution in [1.82, 2.24) is 0 Å². The van der Waals surface area contributed by atoms with Crippen molar-refractivity contribution in [1.29, 1.82) is 0 Å². The molecule has 2 heteroatoms. The van der Waals surface area contributed by atoms with Crippen LogP contribution < -0.4 is 10.5 Å². The Balaban J connectivity index is 2.22. The van der Waals surface area contributed by atoms with Crippen molar-refractivity contribution >= 4 is 0 Å². The summed E-state index contributed by atoms with van der Waals surface area (Å²) >= 11 is 0. The summed E-state index contributed by atoms with van der Waals surface area (Å²) in [6.45, 7) is 9.89. The van der Waals surface area contributed by atoms with E-state index in [1.165, 1.54) is 27.8 Å². The fraction of sp³-hybridized carbons (Fsp3) is 0.400. The lowest BCUT2D eigenvalue weighted by Gasteiger charge is -2.19. The van der Waals surface area contributed by atoms with Gasteiger partial charge >= 0.3 is 0 Å². The molecule has 2 aromatic rings. The molecule has 0 radical (unpaired) electrons. The number of nitrogens with two attached hydrogens (primary N) is 1. The molecule has 2 nitrogen and oxygen atoms in total. The maximum atomic E-state index is 6.05. The Morgan fingerprint density at radius 2 is 1.59 bits per heavy atom. The molecule has 0 aliphatic rings. The topological polar surface area (TPSA) is 35.2 Å². The largest absolute Gasteiger partial charge is 0.494 e. The van der Waals surface area contributed by atoms with Gasteiger partial charge in [0.15, 0.2) is 0 Å². The van der Waals surface area contributed by atoms with Crippen LogP contribution in [0.5, 0.6) is 5.75 Å². The molecule has 0 fully saturated rings. The Kier molecular flexibility index (Phi) is 5.62. The second-order valence-corrected chi connectivity index (χ2v) is 6.02. The van der Waals surface area contributed by atoms with Gasteiger partial charge in [0.05, 0.1) is 6.61 Å². The van der Waals surface area contributed by atoms with Crippen LogP contribution in [0, 0.1) is 20.8 Å². The first-order valence-electron chi connectivity index (χ1n) is 8.04. The number of benzene rings is 2. The predicted molar refractivity (Wildman–Crippen MR) is 93.8 cm³/mol. The Hall–Kier alpha value is -1.80. The molecular formula is C20H27NO. The van der Waals surface area contributed by atoms with Gasteiger partial charge in [0.2, 0.25) is 0 Å². The van der Waals surface area contributed by atoms with E-state index in [-0.39, 0.29) is 0 Å². The van der Waals surface area contributed by atoms with E-state index in [0.29, 0.717) is 19.1 Å². The van der Waals surface area contributed by atoms with E-state index >= 15 is 0 Å². The van der Waals surface area contributed by atoms with Crippen molar-refractivity contribution in [3.8, 4) is 5.75 Å². The van der Waals surface area contributed by atoms with E-state index in [1.807, 2.05) is 19.1 Å². The first-order chi connectivity index (χ1) is 10.5. The number of rotatable bonds is 6. The third-order valence-electron chi connectivity index (χ3n) is 4.24. The quantitative estimate of drug-likeness (QED) is 0.863. The maximum Gasteiger partial charge on any atom is 0.119 e. The SMILES string of the molecule is CCOc1ccc(C(CN)Cc2c(C)cc(C)cc2C)cc1. The van der Waals surface area contributed by atoms with Gasteiger partial charge in [-0.05, 0) is 75.0 Å². The minimum Gasteiger partial charge on any atom is -0.494 e. The summed E-state index contributed by atoms with van der Waals surface area (Å²) in [7, 11) is 0. The minimum absolute atomic E-state index is 0.343. The highest BCUT2D eigenvalue weighted by Crippen LogP contribution is 2.26. The molecule has 2 N–H and O–H groups in total. The van der Waals surface area contributed by atoms with Crippen LogP contribution in [-0.2, 0) is 6.42 Å². The van der Waals surface area contributed by atoms with Gasteiger partial charge in [-0.3, -0.25) is 0 Å². The van der Waals surface area contributed by atoms with E-state index in [9.17, 15) is 0 Å². The molecule has 118 valence electrons. The van der Waals surface area contributed by atoms with Crippen molar-refractivity contribution in [2.45, 2.75) is 40.0 Å². The lowest BCUT2D eigenvalue weighted by molar-refractivity contribution is 0.340. The maximum absolute atomic E-state index is 6.05. The highest BCUT2D eigenvalue weighted by Gasteiger charge is 2.14. The molecule has 0 aromatic heterocycles.